The molecule has 0 spiro atoms. The van der Waals surface area contributed by atoms with E-state index in [9.17, 15) is 4.21 Å². The second-order valence-corrected chi connectivity index (χ2v) is 8.95. The maximum absolute atomic E-state index is 11.9. The van der Waals surface area contributed by atoms with Crippen molar-refractivity contribution in [1.82, 2.24) is 4.72 Å². The Bertz CT molecular complexity index is 949. The highest BCUT2D eigenvalue weighted by Crippen LogP contribution is 2.44. The van der Waals surface area contributed by atoms with Gasteiger partial charge in [-0.15, -0.1) is 0 Å². The number of allylic oxidation sites excluding steroid dienone is 2. The number of nitrogens with zero attached hydrogens (tertiary/aromatic N) is 1. The molecule has 3 rings (SSSR count). The van der Waals surface area contributed by atoms with Gasteiger partial charge in [-0.05, 0) is 59.9 Å². The van der Waals surface area contributed by atoms with Gasteiger partial charge in [0.15, 0.2) is 0 Å². The fraction of sp³-hybridized carbons (Fsp3) is 0.375. The summed E-state index contributed by atoms with van der Waals surface area (Å²) in [6.45, 7) is 9.43. The molecule has 0 fully saturated rings. The Morgan fingerprint density at radius 3 is 2.53 bits per heavy atom. The minimum Gasteiger partial charge on any atom is -0.389 e. The van der Waals surface area contributed by atoms with E-state index in [1.165, 1.54) is 22.3 Å². The minimum atomic E-state index is -1.53. The molecule has 0 saturated carbocycles. The molecule has 0 heterocycles. The van der Waals surface area contributed by atoms with Crippen LogP contribution in [0.15, 0.2) is 59.2 Å². The van der Waals surface area contributed by atoms with Crippen LogP contribution >= 0.6 is 0 Å². The summed E-state index contributed by atoms with van der Waals surface area (Å²) in [5.74, 6) is 0.553. The average Bonchev–Trinajstić information content (AvgIpc) is 2.93. The van der Waals surface area contributed by atoms with Crippen LogP contribution in [0.4, 0.5) is 5.69 Å². The van der Waals surface area contributed by atoms with Crippen LogP contribution < -0.4 is 14.3 Å². The van der Waals surface area contributed by atoms with Gasteiger partial charge in [-0.2, -0.15) is 9.31 Å². The van der Waals surface area contributed by atoms with Crippen molar-refractivity contribution in [2.24, 2.45) is 5.10 Å². The van der Waals surface area contributed by atoms with Crippen molar-refractivity contribution in [2.75, 3.05) is 12.0 Å². The van der Waals surface area contributed by atoms with Gasteiger partial charge in [-0.25, -0.2) is 4.72 Å². The zero-order valence-electron chi connectivity index (χ0n) is 18.2. The van der Waals surface area contributed by atoms with E-state index in [1.807, 2.05) is 18.3 Å². The third-order valence-electron chi connectivity index (χ3n) is 5.50. The molecule has 160 valence electrons. The lowest BCUT2D eigenvalue weighted by atomic mass is 9.82. The van der Waals surface area contributed by atoms with Crippen molar-refractivity contribution in [3.63, 3.8) is 0 Å². The second-order valence-electron chi connectivity index (χ2n) is 8.02. The summed E-state index contributed by atoms with van der Waals surface area (Å²) in [5.41, 5.74) is 8.94. The van der Waals surface area contributed by atoms with Crippen LogP contribution in [0.3, 0.4) is 0 Å². The quantitative estimate of drug-likeness (QED) is 0.296. The van der Waals surface area contributed by atoms with E-state index in [2.05, 4.69) is 67.2 Å². The van der Waals surface area contributed by atoms with E-state index in [4.69, 9.17) is 4.18 Å². The predicted molar refractivity (Wildman–Crippen MR) is 127 cm³/mol. The first-order valence-electron chi connectivity index (χ1n) is 10.5. The molecular weight excluding hydrogens is 394 g/mol. The van der Waals surface area contributed by atoms with Crippen molar-refractivity contribution in [1.29, 1.82) is 0 Å². The highest BCUT2D eigenvalue weighted by molar-refractivity contribution is 7.78. The molecule has 2 aromatic rings. The normalized spacial score (nSPS) is 16.0. The molecule has 2 N–H and O–H groups in total. The summed E-state index contributed by atoms with van der Waals surface area (Å²) in [4.78, 5) is 0. The smallest absolute Gasteiger partial charge is 0.287 e. The molecule has 1 aliphatic rings. The highest BCUT2D eigenvalue weighted by Gasteiger charge is 2.34. The molecule has 0 aliphatic heterocycles. The van der Waals surface area contributed by atoms with Crippen LogP contribution in [0.1, 0.15) is 58.1 Å². The molecule has 30 heavy (non-hydrogen) atoms. The van der Waals surface area contributed by atoms with Gasteiger partial charge in [-0.3, -0.25) is 5.43 Å². The Hall–Kier alpha value is -2.44. The Kier molecular flexibility index (Phi) is 7.45. The van der Waals surface area contributed by atoms with Gasteiger partial charge in [0.1, 0.15) is 5.75 Å². The molecular formula is C24H31N3O2S. The number of nitrogens with one attached hydrogen (secondary N) is 2. The van der Waals surface area contributed by atoms with E-state index < -0.39 is 11.3 Å². The van der Waals surface area contributed by atoms with Crippen LogP contribution in [0.25, 0.3) is 5.57 Å². The molecule has 1 atom stereocenters. The number of hydrogen-bond donors (Lipinski definition) is 2. The zero-order chi connectivity index (χ0) is 21.6. The number of rotatable bonds is 10. The molecule has 0 bridgehead atoms. The molecule has 0 saturated heterocycles. The fourth-order valence-electron chi connectivity index (χ4n) is 3.78. The van der Waals surface area contributed by atoms with E-state index in [1.54, 1.807) is 12.1 Å². The largest absolute Gasteiger partial charge is 0.389 e. The first-order valence-corrected chi connectivity index (χ1v) is 11.5. The van der Waals surface area contributed by atoms with Crippen LogP contribution in [-0.2, 0) is 16.7 Å². The third kappa shape index (κ3) is 5.18. The second kappa shape index (κ2) is 10.0. The lowest BCUT2D eigenvalue weighted by molar-refractivity contribution is 0.544. The predicted octanol–water partition coefficient (Wildman–Crippen LogP) is 5.59. The molecule has 0 amide bonds. The van der Waals surface area contributed by atoms with Crippen molar-refractivity contribution in [2.45, 2.75) is 52.4 Å². The standard InChI is InChI=1S/C24H31N3O2S/c1-5-6-9-16-26-30(28)29-20-14-12-19(13-15-20)27-25-17-23-18(2)21-10-7-8-11-22(21)24(23,3)4/h7-8,10-15,17,26-27H,5-6,9,16H2,1-4H3/b25-17-. The summed E-state index contributed by atoms with van der Waals surface area (Å²) < 4.78 is 20.2. The van der Waals surface area contributed by atoms with Gasteiger partial charge in [0, 0.05) is 12.0 Å². The lowest BCUT2D eigenvalue weighted by Crippen LogP contribution is -2.22. The summed E-state index contributed by atoms with van der Waals surface area (Å²) in [6, 6.07) is 15.8. The SMILES string of the molecule is CCCCCNS(=O)Oc1ccc(N/N=C\C2=C(C)c3ccccc3C2(C)C)cc1. The van der Waals surface area contributed by atoms with Crippen LogP contribution in [-0.4, -0.2) is 17.0 Å². The molecule has 5 nitrogen and oxygen atoms in total. The summed E-state index contributed by atoms with van der Waals surface area (Å²) >= 11 is -1.53. The van der Waals surface area contributed by atoms with Gasteiger partial charge in [-0.1, -0.05) is 57.9 Å². The number of unbranched alkanes of at least 4 members (excludes halogenated alkanes) is 2. The summed E-state index contributed by atoms with van der Waals surface area (Å²) in [5, 5.41) is 4.46. The van der Waals surface area contributed by atoms with Gasteiger partial charge in [0.05, 0.1) is 11.9 Å². The number of hydrogen-bond acceptors (Lipinski definition) is 4. The Labute approximate surface area is 182 Å². The van der Waals surface area contributed by atoms with E-state index in [0.717, 1.165) is 24.9 Å². The number of fused-ring (bicyclic) bond motifs is 1. The Morgan fingerprint density at radius 1 is 1.10 bits per heavy atom. The monoisotopic (exact) mass is 425 g/mol. The lowest BCUT2D eigenvalue weighted by Gasteiger charge is -2.22. The molecule has 6 heteroatoms. The van der Waals surface area contributed by atoms with Gasteiger partial charge >= 0.3 is 0 Å². The van der Waals surface area contributed by atoms with Crippen LogP contribution in [0.2, 0.25) is 0 Å². The topological polar surface area (TPSA) is 62.7 Å². The molecule has 1 unspecified atom stereocenters. The zero-order valence-corrected chi connectivity index (χ0v) is 19.0. The summed E-state index contributed by atoms with van der Waals surface area (Å²) in [6.07, 6.45) is 5.15. The first-order chi connectivity index (χ1) is 14.4. The Morgan fingerprint density at radius 2 is 1.83 bits per heavy atom. The fourth-order valence-corrected chi connectivity index (χ4v) is 4.43. The van der Waals surface area contributed by atoms with Crippen molar-refractivity contribution >= 4 is 28.7 Å². The molecule has 0 radical (unpaired) electrons. The maximum Gasteiger partial charge on any atom is 0.287 e. The van der Waals surface area contributed by atoms with Gasteiger partial charge in [0.2, 0.25) is 0 Å². The first kappa shape index (κ1) is 22.2. The minimum absolute atomic E-state index is 0.0717. The highest BCUT2D eigenvalue weighted by atomic mass is 32.2. The van der Waals surface area contributed by atoms with Crippen LogP contribution in [0.5, 0.6) is 5.75 Å². The third-order valence-corrected chi connectivity index (χ3v) is 6.28. The molecule has 1 aliphatic carbocycles. The average molecular weight is 426 g/mol. The molecule has 0 aromatic heterocycles. The molecule has 2 aromatic carbocycles. The van der Waals surface area contributed by atoms with Crippen molar-refractivity contribution in [3.05, 3.63) is 65.2 Å². The number of hydrazone groups is 1. The Balaban J connectivity index is 1.56. The van der Waals surface area contributed by atoms with E-state index in [-0.39, 0.29) is 5.41 Å². The van der Waals surface area contributed by atoms with E-state index >= 15 is 0 Å². The van der Waals surface area contributed by atoms with E-state index in [0.29, 0.717) is 12.3 Å². The maximum atomic E-state index is 11.9. The number of anilines is 1. The van der Waals surface area contributed by atoms with Crippen molar-refractivity contribution in [3.8, 4) is 5.75 Å². The number of benzene rings is 2. The van der Waals surface area contributed by atoms with Gasteiger partial charge < -0.3 is 4.18 Å². The van der Waals surface area contributed by atoms with Crippen molar-refractivity contribution < 1.29 is 8.39 Å². The summed E-state index contributed by atoms with van der Waals surface area (Å²) in [7, 11) is 0. The van der Waals surface area contributed by atoms with Gasteiger partial charge in [0.25, 0.3) is 11.3 Å². The van der Waals surface area contributed by atoms with Crippen LogP contribution in [0, 0.1) is 0 Å².